The number of anilines is 1. The van der Waals surface area contributed by atoms with Crippen molar-refractivity contribution in [2.24, 2.45) is 0 Å². The van der Waals surface area contributed by atoms with Gasteiger partial charge in [-0.3, -0.25) is 0 Å². The van der Waals surface area contributed by atoms with Gasteiger partial charge in [-0.05, 0) is 42.8 Å². The third-order valence-corrected chi connectivity index (χ3v) is 3.64. The molecule has 3 rings (SSSR count). The summed E-state index contributed by atoms with van der Waals surface area (Å²) in [5.74, 6) is 0.248. The van der Waals surface area contributed by atoms with Gasteiger partial charge in [-0.1, -0.05) is 23.7 Å². The molecule has 116 valence electrons. The Labute approximate surface area is 138 Å². The van der Waals surface area contributed by atoms with Crippen molar-refractivity contribution in [3.8, 4) is 0 Å². The van der Waals surface area contributed by atoms with Gasteiger partial charge in [-0.2, -0.15) is 0 Å². The lowest BCUT2D eigenvalue weighted by molar-refractivity contribution is 0.0697. The number of nitrogens with one attached hydrogen (secondary N) is 1. The van der Waals surface area contributed by atoms with E-state index in [0.717, 1.165) is 5.56 Å². The maximum atomic E-state index is 11.2. The number of aromatic carboxylic acids is 1. The quantitative estimate of drug-likeness (QED) is 0.760. The van der Waals surface area contributed by atoms with E-state index in [1.165, 1.54) is 6.07 Å². The van der Waals surface area contributed by atoms with Gasteiger partial charge in [-0.25, -0.2) is 14.8 Å². The van der Waals surface area contributed by atoms with Crippen LogP contribution in [0, 0.1) is 6.92 Å². The molecule has 0 aliphatic carbocycles. The fourth-order valence-corrected chi connectivity index (χ4v) is 2.56. The third kappa shape index (κ3) is 3.40. The van der Waals surface area contributed by atoms with Gasteiger partial charge < -0.3 is 10.4 Å². The third-order valence-electron chi connectivity index (χ3n) is 3.40. The Balaban J connectivity index is 1.98. The van der Waals surface area contributed by atoms with Crippen molar-refractivity contribution in [1.82, 2.24) is 9.97 Å². The van der Waals surface area contributed by atoms with Gasteiger partial charge in [0.25, 0.3) is 0 Å². The smallest absolute Gasteiger partial charge is 0.335 e. The molecule has 0 unspecified atom stereocenters. The number of carboxylic acid groups (broad SMARTS) is 1. The van der Waals surface area contributed by atoms with Crippen LogP contribution in [-0.4, -0.2) is 21.0 Å². The number of aromatic nitrogens is 2. The first-order chi connectivity index (χ1) is 11.0. The first-order valence-corrected chi connectivity index (χ1v) is 7.41. The fourth-order valence-electron chi connectivity index (χ4n) is 2.35. The van der Waals surface area contributed by atoms with Crippen LogP contribution in [0.2, 0.25) is 5.02 Å². The van der Waals surface area contributed by atoms with Crippen molar-refractivity contribution >= 4 is 34.3 Å². The van der Waals surface area contributed by atoms with Gasteiger partial charge in [0.15, 0.2) is 0 Å². The summed E-state index contributed by atoms with van der Waals surface area (Å²) in [7, 11) is 0. The Hall–Kier alpha value is -2.66. The largest absolute Gasteiger partial charge is 0.478 e. The number of carboxylic acids is 1. The molecular formula is C17H14ClN3O2. The molecule has 1 heterocycles. The summed E-state index contributed by atoms with van der Waals surface area (Å²) in [6.45, 7) is 2.33. The molecule has 0 atom stereocenters. The van der Waals surface area contributed by atoms with Gasteiger partial charge in [0.05, 0.1) is 11.1 Å². The van der Waals surface area contributed by atoms with Crippen molar-refractivity contribution in [3.05, 3.63) is 64.4 Å². The van der Waals surface area contributed by atoms with E-state index in [1.807, 2.05) is 24.3 Å². The lowest BCUT2D eigenvalue weighted by atomic mass is 10.1. The molecule has 0 radical (unpaired) electrons. The van der Waals surface area contributed by atoms with E-state index >= 15 is 0 Å². The van der Waals surface area contributed by atoms with E-state index in [0.29, 0.717) is 34.1 Å². The van der Waals surface area contributed by atoms with Gasteiger partial charge in [0, 0.05) is 17.0 Å². The van der Waals surface area contributed by atoms with Crippen LogP contribution in [-0.2, 0) is 6.54 Å². The maximum absolute atomic E-state index is 11.2. The zero-order valence-electron chi connectivity index (χ0n) is 12.4. The van der Waals surface area contributed by atoms with E-state index in [9.17, 15) is 4.79 Å². The van der Waals surface area contributed by atoms with Crippen LogP contribution < -0.4 is 5.32 Å². The molecule has 0 saturated carbocycles. The van der Waals surface area contributed by atoms with E-state index < -0.39 is 5.97 Å². The van der Waals surface area contributed by atoms with Gasteiger partial charge in [0.2, 0.25) is 0 Å². The molecule has 1 aromatic heterocycles. The summed E-state index contributed by atoms with van der Waals surface area (Å²) in [5, 5.41) is 13.7. The number of aryl methyl sites for hydroxylation is 1. The minimum absolute atomic E-state index is 0.204. The Bertz CT molecular complexity index is 896. The monoisotopic (exact) mass is 327 g/mol. The van der Waals surface area contributed by atoms with E-state index in [4.69, 9.17) is 16.7 Å². The summed E-state index contributed by atoms with van der Waals surface area (Å²) in [6, 6.07) is 12.3. The summed E-state index contributed by atoms with van der Waals surface area (Å²) >= 11 is 5.98. The van der Waals surface area contributed by atoms with Gasteiger partial charge in [0.1, 0.15) is 11.6 Å². The Morgan fingerprint density at radius 3 is 2.78 bits per heavy atom. The van der Waals surface area contributed by atoms with Crippen LogP contribution in [0.1, 0.15) is 21.7 Å². The molecule has 3 aromatic rings. The second-order valence-electron chi connectivity index (χ2n) is 5.14. The van der Waals surface area contributed by atoms with Crippen molar-refractivity contribution in [3.63, 3.8) is 0 Å². The highest BCUT2D eigenvalue weighted by molar-refractivity contribution is 6.30. The van der Waals surface area contributed by atoms with E-state index in [2.05, 4.69) is 15.3 Å². The molecule has 0 aliphatic heterocycles. The number of nitrogens with zero attached hydrogens (tertiary/aromatic N) is 2. The molecule has 0 aliphatic rings. The molecule has 5 nitrogen and oxygen atoms in total. The van der Waals surface area contributed by atoms with Crippen LogP contribution in [0.5, 0.6) is 0 Å². The molecule has 0 spiro atoms. The number of benzene rings is 2. The van der Waals surface area contributed by atoms with Crippen LogP contribution in [0.15, 0.2) is 42.5 Å². The molecular weight excluding hydrogens is 314 g/mol. The van der Waals surface area contributed by atoms with Crippen LogP contribution >= 0.6 is 11.6 Å². The zero-order valence-corrected chi connectivity index (χ0v) is 13.1. The minimum Gasteiger partial charge on any atom is -0.478 e. The van der Waals surface area contributed by atoms with E-state index in [1.54, 1.807) is 19.1 Å². The molecule has 0 saturated heterocycles. The predicted octanol–water partition coefficient (Wildman–Crippen LogP) is 3.90. The summed E-state index contributed by atoms with van der Waals surface area (Å²) < 4.78 is 0. The zero-order chi connectivity index (χ0) is 16.4. The van der Waals surface area contributed by atoms with Crippen LogP contribution in [0.25, 0.3) is 10.9 Å². The van der Waals surface area contributed by atoms with Crippen molar-refractivity contribution < 1.29 is 9.90 Å². The van der Waals surface area contributed by atoms with Gasteiger partial charge >= 0.3 is 5.97 Å². The molecule has 0 fully saturated rings. The Morgan fingerprint density at radius 2 is 2.04 bits per heavy atom. The normalized spacial score (nSPS) is 10.7. The molecule has 23 heavy (non-hydrogen) atoms. The fraction of sp³-hybridized carbons (Fsp3) is 0.118. The van der Waals surface area contributed by atoms with Crippen molar-refractivity contribution in [1.29, 1.82) is 0 Å². The number of halogens is 1. The number of rotatable bonds is 4. The van der Waals surface area contributed by atoms with Crippen LogP contribution in [0.4, 0.5) is 5.82 Å². The topological polar surface area (TPSA) is 75.1 Å². The summed E-state index contributed by atoms with van der Waals surface area (Å²) in [4.78, 5) is 19.9. The highest BCUT2D eigenvalue weighted by Gasteiger charge is 2.10. The molecule has 0 bridgehead atoms. The number of fused-ring (bicyclic) bond motifs is 1. The average molecular weight is 328 g/mol. The summed E-state index contributed by atoms with van der Waals surface area (Å²) in [6.07, 6.45) is 0. The van der Waals surface area contributed by atoms with Gasteiger partial charge in [-0.15, -0.1) is 0 Å². The number of hydrogen-bond donors (Lipinski definition) is 2. The summed E-state index contributed by atoms with van der Waals surface area (Å²) in [5.41, 5.74) is 1.92. The van der Waals surface area contributed by atoms with Crippen molar-refractivity contribution in [2.45, 2.75) is 13.5 Å². The maximum Gasteiger partial charge on any atom is 0.335 e. The highest BCUT2D eigenvalue weighted by Crippen LogP contribution is 2.23. The highest BCUT2D eigenvalue weighted by atomic mass is 35.5. The SMILES string of the molecule is Cc1nc(NCc2cccc(Cl)c2)c2cc(C(=O)O)ccc2n1. The molecule has 0 amide bonds. The minimum atomic E-state index is -0.978. The second kappa shape index (κ2) is 6.22. The lowest BCUT2D eigenvalue weighted by Crippen LogP contribution is -2.05. The number of carbonyl (C=O) groups is 1. The molecule has 2 N–H and O–H groups in total. The Kier molecular flexibility index (Phi) is 4.12. The standard InChI is InChI=1S/C17H14ClN3O2/c1-10-20-15-6-5-12(17(22)23)8-14(15)16(21-10)19-9-11-3-2-4-13(18)7-11/h2-8H,9H2,1H3,(H,22,23)(H,19,20,21). The molecule has 6 heteroatoms. The van der Waals surface area contributed by atoms with E-state index in [-0.39, 0.29) is 5.56 Å². The predicted molar refractivity (Wildman–Crippen MR) is 90.0 cm³/mol. The van der Waals surface area contributed by atoms with Crippen LogP contribution in [0.3, 0.4) is 0 Å². The molecule has 2 aromatic carbocycles. The second-order valence-corrected chi connectivity index (χ2v) is 5.58. The van der Waals surface area contributed by atoms with Crippen molar-refractivity contribution in [2.75, 3.05) is 5.32 Å². The first-order valence-electron chi connectivity index (χ1n) is 7.03. The number of hydrogen-bond acceptors (Lipinski definition) is 4. The Morgan fingerprint density at radius 1 is 1.22 bits per heavy atom. The first kappa shape index (κ1) is 15.2. The average Bonchev–Trinajstić information content (AvgIpc) is 2.52. The lowest BCUT2D eigenvalue weighted by Gasteiger charge is -2.10.